The monoisotopic (exact) mass is 291 g/mol. The Morgan fingerprint density at radius 3 is 2.48 bits per heavy atom. The molecule has 0 amide bonds. The Morgan fingerprint density at radius 2 is 1.81 bits per heavy atom. The molecule has 0 aliphatic carbocycles. The Bertz CT molecular complexity index is 560. The Kier molecular flexibility index (Phi) is 5.69. The van der Waals surface area contributed by atoms with Crippen molar-refractivity contribution >= 4 is 0 Å². The van der Waals surface area contributed by atoms with Gasteiger partial charge < -0.3 is 10.1 Å². The second-order valence-corrected chi connectivity index (χ2v) is 4.80. The molecule has 4 heteroatoms. The molecule has 0 fully saturated rings. The number of benzene rings is 2. The van der Waals surface area contributed by atoms with Crippen LogP contribution in [0.4, 0.5) is 8.78 Å². The van der Waals surface area contributed by atoms with Gasteiger partial charge in [-0.1, -0.05) is 37.3 Å². The number of nitrogens with one attached hydrogen (secondary N) is 1. The van der Waals surface area contributed by atoms with Gasteiger partial charge in [0.2, 0.25) is 0 Å². The smallest absolute Gasteiger partial charge is 0.162 e. The van der Waals surface area contributed by atoms with Crippen molar-refractivity contribution in [3.05, 3.63) is 65.7 Å². The molecular weight excluding hydrogens is 272 g/mol. The van der Waals surface area contributed by atoms with Crippen molar-refractivity contribution in [1.29, 1.82) is 0 Å². The van der Waals surface area contributed by atoms with Crippen LogP contribution < -0.4 is 10.1 Å². The van der Waals surface area contributed by atoms with Crippen LogP contribution in [-0.2, 0) is 0 Å². The standard InChI is InChI=1S/C17H19F2NO/c1-2-10-20-12-17(13-6-4-3-5-7-13)21-14-8-9-15(18)16(19)11-14/h3-9,11,17,20H,2,10,12H2,1H3. The Hall–Kier alpha value is -1.94. The first kappa shape index (κ1) is 15.4. The summed E-state index contributed by atoms with van der Waals surface area (Å²) in [6.45, 7) is 3.57. The summed E-state index contributed by atoms with van der Waals surface area (Å²) < 4.78 is 32.0. The van der Waals surface area contributed by atoms with Crippen molar-refractivity contribution in [3.63, 3.8) is 0 Å². The van der Waals surface area contributed by atoms with Crippen LogP contribution in [0.3, 0.4) is 0 Å². The van der Waals surface area contributed by atoms with Crippen molar-refractivity contribution in [3.8, 4) is 5.75 Å². The van der Waals surface area contributed by atoms with E-state index in [1.54, 1.807) is 0 Å². The molecule has 0 radical (unpaired) electrons. The minimum atomic E-state index is -0.902. The molecule has 0 bridgehead atoms. The number of hydrogen-bond acceptors (Lipinski definition) is 2. The summed E-state index contributed by atoms with van der Waals surface area (Å²) in [5, 5.41) is 3.29. The van der Waals surface area contributed by atoms with Gasteiger partial charge in [0, 0.05) is 12.6 Å². The highest BCUT2D eigenvalue weighted by Gasteiger charge is 2.14. The van der Waals surface area contributed by atoms with E-state index in [0.29, 0.717) is 12.3 Å². The van der Waals surface area contributed by atoms with Gasteiger partial charge >= 0.3 is 0 Å². The fraction of sp³-hybridized carbons (Fsp3) is 0.294. The lowest BCUT2D eigenvalue weighted by Gasteiger charge is -2.20. The molecule has 21 heavy (non-hydrogen) atoms. The highest BCUT2D eigenvalue weighted by molar-refractivity contribution is 5.26. The van der Waals surface area contributed by atoms with E-state index in [-0.39, 0.29) is 6.10 Å². The van der Waals surface area contributed by atoms with E-state index in [1.165, 1.54) is 6.07 Å². The van der Waals surface area contributed by atoms with E-state index in [1.807, 2.05) is 30.3 Å². The van der Waals surface area contributed by atoms with Crippen LogP contribution in [0.1, 0.15) is 25.0 Å². The van der Waals surface area contributed by atoms with E-state index >= 15 is 0 Å². The highest BCUT2D eigenvalue weighted by atomic mass is 19.2. The number of ether oxygens (including phenoxy) is 1. The van der Waals surface area contributed by atoms with Crippen molar-refractivity contribution in [2.45, 2.75) is 19.4 Å². The molecule has 1 N–H and O–H groups in total. The molecule has 0 aromatic heterocycles. The van der Waals surface area contributed by atoms with Gasteiger partial charge in [-0.15, -0.1) is 0 Å². The van der Waals surface area contributed by atoms with Gasteiger partial charge in [-0.05, 0) is 30.7 Å². The molecule has 1 unspecified atom stereocenters. The first-order valence-electron chi connectivity index (χ1n) is 7.08. The summed E-state index contributed by atoms with van der Waals surface area (Å²) in [5.41, 5.74) is 0.992. The molecule has 1 atom stereocenters. The summed E-state index contributed by atoms with van der Waals surface area (Å²) in [5.74, 6) is -1.45. The largest absolute Gasteiger partial charge is 0.484 e. The maximum atomic E-state index is 13.3. The molecule has 2 aromatic carbocycles. The summed E-state index contributed by atoms with van der Waals surface area (Å²) in [6.07, 6.45) is 0.773. The van der Waals surface area contributed by atoms with E-state index in [0.717, 1.165) is 30.7 Å². The predicted octanol–water partition coefficient (Wildman–Crippen LogP) is 4.08. The minimum Gasteiger partial charge on any atom is -0.484 e. The molecule has 0 spiro atoms. The van der Waals surface area contributed by atoms with Gasteiger partial charge in [0.05, 0.1) is 0 Å². The van der Waals surface area contributed by atoms with Crippen LogP contribution in [0.5, 0.6) is 5.75 Å². The molecule has 2 nitrogen and oxygen atoms in total. The second-order valence-electron chi connectivity index (χ2n) is 4.80. The molecular formula is C17H19F2NO. The maximum absolute atomic E-state index is 13.3. The predicted molar refractivity (Wildman–Crippen MR) is 79.3 cm³/mol. The van der Waals surface area contributed by atoms with Gasteiger partial charge in [0.25, 0.3) is 0 Å². The summed E-state index contributed by atoms with van der Waals surface area (Å²) >= 11 is 0. The zero-order valence-corrected chi connectivity index (χ0v) is 12.0. The fourth-order valence-electron chi connectivity index (χ4n) is 2.02. The molecule has 0 saturated carbocycles. The lowest BCUT2D eigenvalue weighted by atomic mass is 10.1. The molecule has 0 aliphatic rings. The van der Waals surface area contributed by atoms with Crippen LogP contribution in [0, 0.1) is 11.6 Å². The molecule has 0 heterocycles. The lowest BCUT2D eigenvalue weighted by Crippen LogP contribution is -2.25. The Balaban J connectivity index is 2.13. The third-order valence-corrected chi connectivity index (χ3v) is 3.10. The molecule has 2 aromatic rings. The normalized spacial score (nSPS) is 12.1. The summed E-state index contributed by atoms with van der Waals surface area (Å²) in [4.78, 5) is 0. The molecule has 0 aliphatic heterocycles. The third-order valence-electron chi connectivity index (χ3n) is 3.10. The zero-order chi connectivity index (χ0) is 15.1. The first-order chi connectivity index (χ1) is 10.2. The Labute approximate surface area is 123 Å². The van der Waals surface area contributed by atoms with Crippen LogP contribution >= 0.6 is 0 Å². The van der Waals surface area contributed by atoms with Gasteiger partial charge in [0.15, 0.2) is 11.6 Å². The van der Waals surface area contributed by atoms with Crippen LogP contribution in [0.15, 0.2) is 48.5 Å². The van der Waals surface area contributed by atoms with E-state index < -0.39 is 11.6 Å². The SMILES string of the molecule is CCCNCC(Oc1ccc(F)c(F)c1)c1ccccc1. The highest BCUT2D eigenvalue weighted by Crippen LogP contribution is 2.23. The average Bonchev–Trinajstić information content (AvgIpc) is 2.51. The maximum Gasteiger partial charge on any atom is 0.162 e. The Morgan fingerprint density at radius 1 is 1.05 bits per heavy atom. The quantitative estimate of drug-likeness (QED) is 0.776. The van der Waals surface area contributed by atoms with Crippen LogP contribution in [-0.4, -0.2) is 13.1 Å². The first-order valence-corrected chi connectivity index (χ1v) is 7.08. The topological polar surface area (TPSA) is 21.3 Å². The van der Waals surface area contributed by atoms with Crippen LogP contribution in [0.2, 0.25) is 0 Å². The lowest BCUT2D eigenvalue weighted by molar-refractivity contribution is 0.200. The van der Waals surface area contributed by atoms with Gasteiger partial charge in [0.1, 0.15) is 11.9 Å². The number of halogens is 2. The average molecular weight is 291 g/mol. The summed E-state index contributed by atoms with van der Waals surface area (Å²) in [7, 11) is 0. The van der Waals surface area contributed by atoms with Gasteiger partial charge in [-0.3, -0.25) is 0 Å². The van der Waals surface area contributed by atoms with Gasteiger partial charge in [-0.25, -0.2) is 8.78 Å². The van der Waals surface area contributed by atoms with Crippen molar-refractivity contribution in [2.24, 2.45) is 0 Å². The number of hydrogen-bond donors (Lipinski definition) is 1. The fourth-order valence-corrected chi connectivity index (χ4v) is 2.02. The van der Waals surface area contributed by atoms with E-state index in [9.17, 15) is 8.78 Å². The minimum absolute atomic E-state index is 0.248. The number of rotatable bonds is 7. The van der Waals surface area contributed by atoms with Gasteiger partial charge in [-0.2, -0.15) is 0 Å². The van der Waals surface area contributed by atoms with Crippen molar-refractivity contribution in [1.82, 2.24) is 5.32 Å². The van der Waals surface area contributed by atoms with E-state index in [2.05, 4.69) is 12.2 Å². The molecule has 2 rings (SSSR count). The van der Waals surface area contributed by atoms with Crippen molar-refractivity contribution < 1.29 is 13.5 Å². The van der Waals surface area contributed by atoms with Crippen molar-refractivity contribution in [2.75, 3.05) is 13.1 Å². The van der Waals surface area contributed by atoms with E-state index in [4.69, 9.17) is 4.74 Å². The second kappa shape index (κ2) is 7.74. The van der Waals surface area contributed by atoms with Crippen LogP contribution in [0.25, 0.3) is 0 Å². The summed E-state index contributed by atoms with van der Waals surface area (Å²) in [6, 6.07) is 13.3. The molecule has 0 saturated heterocycles. The third kappa shape index (κ3) is 4.53. The zero-order valence-electron chi connectivity index (χ0n) is 12.0. The molecule has 112 valence electrons.